The molecule has 0 aliphatic heterocycles. The normalized spacial score (nSPS) is 15.9. The molecule has 1 aliphatic rings. The number of ether oxygens (including phenoxy) is 1. The zero-order valence-electron chi connectivity index (χ0n) is 15.5. The minimum Gasteiger partial charge on any atom is -0.496 e. The van der Waals surface area contributed by atoms with Crippen molar-refractivity contribution in [1.82, 2.24) is 19.8 Å². The van der Waals surface area contributed by atoms with E-state index < -0.39 is 0 Å². The first-order valence-corrected chi connectivity index (χ1v) is 8.89. The Morgan fingerprint density at radius 3 is 2.69 bits per heavy atom. The first-order valence-electron chi connectivity index (χ1n) is 8.89. The van der Waals surface area contributed by atoms with Crippen molar-refractivity contribution in [2.45, 2.75) is 40.0 Å². The number of hydrogen-bond acceptors (Lipinski definition) is 5. The van der Waals surface area contributed by atoms with Crippen LogP contribution in [0.1, 0.15) is 49.1 Å². The smallest absolute Gasteiger partial charge is 0.185 e. The summed E-state index contributed by atoms with van der Waals surface area (Å²) in [6, 6.07) is 7.84. The quantitative estimate of drug-likeness (QED) is 0.723. The lowest BCUT2D eigenvalue weighted by Gasteiger charge is -2.29. The molecule has 2 aromatic heterocycles. The number of aryl methyl sites for hydroxylation is 1. The van der Waals surface area contributed by atoms with Crippen LogP contribution in [0.3, 0.4) is 0 Å². The van der Waals surface area contributed by atoms with Crippen molar-refractivity contribution in [3.8, 4) is 16.9 Å². The highest BCUT2D eigenvalue weighted by Gasteiger charge is 2.35. The van der Waals surface area contributed by atoms with E-state index >= 15 is 0 Å². The highest BCUT2D eigenvalue weighted by Crippen LogP contribution is 2.38. The Balaban J connectivity index is 2.03. The van der Waals surface area contributed by atoms with E-state index in [1.807, 2.05) is 28.8 Å². The van der Waals surface area contributed by atoms with Gasteiger partial charge < -0.3 is 4.74 Å². The van der Waals surface area contributed by atoms with Crippen LogP contribution in [0.15, 0.2) is 24.3 Å². The molecule has 6 nitrogen and oxygen atoms in total. The lowest BCUT2D eigenvalue weighted by Crippen LogP contribution is -2.30. The number of Topliss-reactive ketones (excluding diaryl/α,β-unsaturated/α-hetero) is 1. The fourth-order valence-electron chi connectivity index (χ4n) is 3.77. The predicted octanol–water partition coefficient (Wildman–Crippen LogP) is 3.52. The number of carbonyl (C=O) groups excluding carboxylic acids is 1. The number of rotatable bonds is 3. The minimum atomic E-state index is -0.108. The maximum Gasteiger partial charge on any atom is 0.185 e. The van der Waals surface area contributed by atoms with Crippen molar-refractivity contribution in [3.63, 3.8) is 0 Å². The molecular formula is C20H22N4O2. The maximum absolute atomic E-state index is 12.5. The van der Waals surface area contributed by atoms with Crippen LogP contribution in [-0.2, 0) is 12.8 Å². The van der Waals surface area contributed by atoms with Crippen molar-refractivity contribution in [2.24, 2.45) is 5.41 Å². The number of hydrogen-bond donors (Lipinski definition) is 0. The Morgan fingerprint density at radius 1 is 1.19 bits per heavy atom. The zero-order valence-corrected chi connectivity index (χ0v) is 15.5. The van der Waals surface area contributed by atoms with Crippen LogP contribution in [0.25, 0.3) is 16.8 Å². The van der Waals surface area contributed by atoms with Gasteiger partial charge >= 0.3 is 0 Å². The minimum absolute atomic E-state index is 0.0399. The van der Waals surface area contributed by atoms with E-state index in [1.54, 1.807) is 7.11 Å². The molecule has 6 heteroatoms. The van der Waals surface area contributed by atoms with Crippen molar-refractivity contribution in [1.29, 1.82) is 0 Å². The number of benzene rings is 1. The van der Waals surface area contributed by atoms with Gasteiger partial charge in [-0.1, -0.05) is 39.0 Å². The second-order valence-electron chi connectivity index (χ2n) is 7.55. The fourth-order valence-corrected chi connectivity index (χ4v) is 3.77. The van der Waals surface area contributed by atoms with Crippen LogP contribution in [0.4, 0.5) is 0 Å². The lowest BCUT2D eigenvalue weighted by atomic mass is 9.77. The van der Waals surface area contributed by atoms with Gasteiger partial charge in [0.05, 0.1) is 24.1 Å². The molecule has 1 aliphatic carbocycles. The molecular weight excluding hydrogens is 328 g/mol. The average molecular weight is 350 g/mol. The molecule has 0 bridgehead atoms. The van der Waals surface area contributed by atoms with Gasteiger partial charge in [0.15, 0.2) is 17.1 Å². The lowest BCUT2D eigenvalue weighted by molar-refractivity contribution is 0.0901. The van der Waals surface area contributed by atoms with E-state index in [0.29, 0.717) is 17.8 Å². The third-order valence-corrected chi connectivity index (χ3v) is 4.97. The molecule has 1 aromatic carbocycles. The van der Waals surface area contributed by atoms with Crippen molar-refractivity contribution in [3.05, 3.63) is 41.3 Å². The maximum atomic E-state index is 12.5. The summed E-state index contributed by atoms with van der Waals surface area (Å²) in [5.74, 6) is 0.811. The van der Waals surface area contributed by atoms with Gasteiger partial charge in [0.2, 0.25) is 0 Å². The largest absolute Gasteiger partial charge is 0.496 e. The third-order valence-electron chi connectivity index (χ3n) is 4.97. The second-order valence-corrected chi connectivity index (χ2v) is 7.55. The second kappa shape index (κ2) is 5.90. The number of methoxy groups -OCH3 is 1. The SMILES string of the molecule is CCc1nn2c3c(nnc2c1-c1ccccc1OC)C(=O)CC(C)(C)C3. The fraction of sp³-hybridized carbons (Fsp3) is 0.400. The van der Waals surface area contributed by atoms with Crippen molar-refractivity contribution < 1.29 is 9.53 Å². The van der Waals surface area contributed by atoms with Gasteiger partial charge in [0.25, 0.3) is 0 Å². The van der Waals surface area contributed by atoms with Crippen LogP contribution in [0, 0.1) is 5.41 Å². The van der Waals surface area contributed by atoms with Gasteiger partial charge in [-0.2, -0.15) is 5.10 Å². The van der Waals surface area contributed by atoms with Crippen LogP contribution in [-0.4, -0.2) is 32.7 Å². The number of nitrogens with zero attached hydrogens (tertiary/aromatic N) is 4. The van der Waals surface area contributed by atoms with Gasteiger partial charge in [-0.3, -0.25) is 4.79 Å². The summed E-state index contributed by atoms with van der Waals surface area (Å²) in [7, 11) is 1.66. The molecule has 0 atom stereocenters. The van der Waals surface area contributed by atoms with Gasteiger partial charge in [-0.05, 0) is 24.3 Å². The summed E-state index contributed by atoms with van der Waals surface area (Å²) in [6.45, 7) is 6.27. The molecule has 134 valence electrons. The molecule has 2 heterocycles. The molecule has 0 N–H and O–H groups in total. The molecule has 0 saturated heterocycles. The molecule has 0 unspecified atom stereocenters. The number of carbonyl (C=O) groups is 1. The monoisotopic (exact) mass is 350 g/mol. The number of ketones is 1. The van der Waals surface area contributed by atoms with E-state index in [0.717, 1.165) is 41.1 Å². The summed E-state index contributed by atoms with van der Waals surface area (Å²) in [5.41, 5.74) is 4.67. The Bertz CT molecular complexity index is 1020. The van der Waals surface area contributed by atoms with E-state index in [2.05, 4.69) is 31.0 Å². The summed E-state index contributed by atoms with van der Waals surface area (Å²) in [4.78, 5) is 12.5. The molecule has 3 aromatic rings. The molecule has 0 saturated carbocycles. The average Bonchev–Trinajstić information content (AvgIpc) is 2.99. The Morgan fingerprint density at radius 2 is 1.96 bits per heavy atom. The summed E-state index contributed by atoms with van der Waals surface area (Å²) in [6.07, 6.45) is 1.99. The summed E-state index contributed by atoms with van der Waals surface area (Å²) < 4.78 is 7.36. The first kappa shape index (κ1) is 16.7. The highest BCUT2D eigenvalue weighted by atomic mass is 16.5. The van der Waals surface area contributed by atoms with Crippen LogP contribution in [0.5, 0.6) is 5.75 Å². The number of aromatic nitrogens is 4. The van der Waals surface area contributed by atoms with Crippen LogP contribution >= 0.6 is 0 Å². The predicted molar refractivity (Wildman–Crippen MR) is 98.6 cm³/mol. The van der Waals surface area contributed by atoms with Gasteiger partial charge in [-0.25, -0.2) is 4.52 Å². The molecule has 26 heavy (non-hydrogen) atoms. The van der Waals surface area contributed by atoms with Gasteiger partial charge in [0, 0.05) is 12.0 Å². The van der Waals surface area contributed by atoms with E-state index in [9.17, 15) is 4.79 Å². The van der Waals surface area contributed by atoms with E-state index in [4.69, 9.17) is 9.84 Å². The topological polar surface area (TPSA) is 69.4 Å². The number of fused-ring (bicyclic) bond motifs is 3. The van der Waals surface area contributed by atoms with Crippen molar-refractivity contribution >= 4 is 11.4 Å². The standard InChI is InChI=1S/C20H22N4O2/c1-5-13-17(12-8-6-7-9-16(12)26-4)19-22-21-18-14(24(19)23-13)10-20(2,3)11-15(18)25/h6-9H,5,10-11H2,1-4H3. The summed E-state index contributed by atoms with van der Waals surface area (Å²) >= 11 is 0. The van der Waals surface area contributed by atoms with Gasteiger partial charge in [0.1, 0.15) is 5.75 Å². The highest BCUT2D eigenvalue weighted by molar-refractivity contribution is 5.97. The van der Waals surface area contributed by atoms with Crippen LogP contribution < -0.4 is 4.74 Å². The molecule has 0 radical (unpaired) electrons. The summed E-state index contributed by atoms with van der Waals surface area (Å²) in [5, 5.41) is 13.5. The van der Waals surface area contributed by atoms with E-state index in [1.165, 1.54) is 0 Å². The Kier molecular flexibility index (Phi) is 3.79. The molecule has 0 fully saturated rings. The molecule has 0 spiro atoms. The molecule has 4 rings (SSSR count). The van der Waals surface area contributed by atoms with Crippen molar-refractivity contribution in [2.75, 3.05) is 7.11 Å². The van der Waals surface area contributed by atoms with E-state index in [-0.39, 0.29) is 11.2 Å². The number of para-hydroxylation sites is 1. The van der Waals surface area contributed by atoms with Gasteiger partial charge in [-0.15, -0.1) is 10.2 Å². The Labute approximate surface area is 152 Å². The Hall–Kier alpha value is -2.76. The first-order chi connectivity index (χ1) is 12.4. The molecule has 0 amide bonds. The van der Waals surface area contributed by atoms with Crippen LogP contribution in [0.2, 0.25) is 0 Å². The zero-order chi connectivity index (χ0) is 18.5. The third kappa shape index (κ3) is 2.48.